The van der Waals surface area contributed by atoms with Gasteiger partial charge in [0.2, 0.25) is 0 Å². The van der Waals surface area contributed by atoms with Gasteiger partial charge in [-0.25, -0.2) is 0 Å². The zero-order valence-corrected chi connectivity index (χ0v) is 19.0. The van der Waals surface area contributed by atoms with Gasteiger partial charge in [-0.15, -0.1) is 0 Å². The van der Waals surface area contributed by atoms with Gasteiger partial charge >= 0.3 is 7.12 Å². The van der Waals surface area contributed by atoms with Crippen LogP contribution < -0.4 is 5.46 Å². The highest BCUT2D eigenvalue weighted by Gasteiger charge is 2.52. The number of pyridine rings is 1. The number of rotatable bonds is 5. The molecule has 0 amide bonds. The number of aromatic nitrogens is 2. The molecule has 1 fully saturated rings. The first-order valence-electron chi connectivity index (χ1n) is 10.7. The van der Waals surface area contributed by atoms with Crippen molar-refractivity contribution in [2.45, 2.75) is 65.4 Å². The van der Waals surface area contributed by atoms with Crippen LogP contribution in [0.15, 0.2) is 42.6 Å². The zero-order valence-electron chi connectivity index (χ0n) is 19.0. The van der Waals surface area contributed by atoms with Crippen molar-refractivity contribution in [3.05, 3.63) is 48.3 Å². The first kappa shape index (κ1) is 21.1. The average Bonchev–Trinajstić information content (AvgIpc) is 3.20. The van der Waals surface area contributed by atoms with Crippen LogP contribution >= 0.6 is 0 Å². The molecule has 0 radical (unpaired) electrons. The number of para-hydroxylation sites is 1. The van der Waals surface area contributed by atoms with Crippen molar-refractivity contribution in [1.82, 2.24) is 9.55 Å². The minimum absolute atomic E-state index is 0.129. The third-order valence-corrected chi connectivity index (χ3v) is 6.61. The normalized spacial score (nSPS) is 18.8. The Kier molecular flexibility index (Phi) is 5.29. The van der Waals surface area contributed by atoms with Gasteiger partial charge in [-0.2, -0.15) is 0 Å². The van der Waals surface area contributed by atoms with Crippen molar-refractivity contribution in [2.24, 2.45) is 0 Å². The Morgan fingerprint density at radius 3 is 2.40 bits per heavy atom. The predicted octanol–water partition coefficient (Wildman–Crippen LogP) is 4.73. The van der Waals surface area contributed by atoms with Crippen LogP contribution in [-0.2, 0) is 20.6 Å². The lowest BCUT2D eigenvalue weighted by Crippen LogP contribution is -2.41. The fraction of sp³-hybridized carbons (Fsp3) is 0.458. The molecule has 0 spiro atoms. The summed E-state index contributed by atoms with van der Waals surface area (Å²) in [6.45, 7) is 13.3. The molecule has 1 aromatic carbocycles. The minimum atomic E-state index is -0.451. The smallest absolute Gasteiger partial charge is 0.399 e. The Morgan fingerprint density at radius 2 is 1.77 bits per heavy atom. The van der Waals surface area contributed by atoms with Crippen LogP contribution in [-0.4, -0.2) is 35.0 Å². The maximum absolute atomic E-state index is 6.28. The van der Waals surface area contributed by atoms with Gasteiger partial charge in [-0.3, -0.25) is 4.98 Å². The predicted molar refractivity (Wildman–Crippen MR) is 122 cm³/mol. The Hall–Kier alpha value is -2.15. The van der Waals surface area contributed by atoms with E-state index in [2.05, 4.69) is 75.6 Å². The quantitative estimate of drug-likeness (QED) is 0.575. The van der Waals surface area contributed by atoms with Crippen LogP contribution in [0.25, 0.3) is 22.2 Å². The van der Waals surface area contributed by atoms with Crippen molar-refractivity contribution in [1.29, 1.82) is 0 Å². The maximum atomic E-state index is 6.28. The maximum Gasteiger partial charge on any atom is 0.496 e. The highest BCUT2D eigenvalue weighted by atomic mass is 16.7. The minimum Gasteiger partial charge on any atom is -0.399 e. The van der Waals surface area contributed by atoms with Gasteiger partial charge < -0.3 is 18.6 Å². The molecule has 30 heavy (non-hydrogen) atoms. The Morgan fingerprint density at radius 1 is 1.10 bits per heavy atom. The third-order valence-electron chi connectivity index (χ3n) is 6.61. The summed E-state index contributed by atoms with van der Waals surface area (Å²) in [5.74, 6) is 0. The van der Waals surface area contributed by atoms with E-state index in [1.165, 1.54) is 10.9 Å². The largest absolute Gasteiger partial charge is 0.496 e. The second-order valence-corrected chi connectivity index (χ2v) is 9.00. The molecule has 1 saturated heterocycles. The second kappa shape index (κ2) is 7.52. The molecule has 3 heterocycles. The van der Waals surface area contributed by atoms with Crippen LogP contribution in [0.5, 0.6) is 0 Å². The molecule has 158 valence electrons. The number of hydrogen-bond acceptors (Lipinski definition) is 4. The number of hydrogen-bond donors (Lipinski definition) is 0. The monoisotopic (exact) mass is 406 g/mol. The summed E-state index contributed by atoms with van der Waals surface area (Å²) in [7, 11) is 1.26. The molecule has 6 heteroatoms. The average molecular weight is 406 g/mol. The Balaban J connectivity index is 1.88. The summed E-state index contributed by atoms with van der Waals surface area (Å²) >= 11 is 0. The lowest BCUT2D eigenvalue weighted by molar-refractivity contribution is 0.00578. The Bertz CT molecular complexity index is 1060. The van der Waals surface area contributed by atoms with Gasteiger partial charge in [0.05, 0.1) is 28.7 Å². The molecule has 0 saturated carbocycles. The summed E-state index contributed by atoms with van der Waals surface area (Å²) in [6.07, 6.45) is 1.73. The third kappa shape index (κ3) is 3.37. The number of aryl methyl sites for hydroxylation is 1. The van der Waals surface area contributed by atoms with E-state index in [4.69, 9.17) is 19.0 Å². The fourth-order valence-corrected chi connectivity index (χ4v) is 4.01. The summed E-state index contributed by atoms with van der Waals surface area (Å²) in [6, 6.07) is 12.8. The highest BCUT2D eigenvalue weighted by molar-refractivity contribution is 6.62. The van der Waals surface area contributed by atoms with Gasteiger partial charge in [0.25, 0.3) is 0 Å². The molecule has 5 nitrogen and oxygen atoms in total. The van der Waals surface area contributed by atoms with Crippen LogP contribution in [0, 0.1) is 0 Å². The van der Waals surface area contributed by atoms with E-state index < -0.39 is 18.3 Å². The number of fused-ring (bicyclic) bond motifs is 1. The lowest BCUT2D eigenvalue weighted by Gasteiger charge is -2.32. The number of methoxy groups -OCH3 is 1. The van der Waals surface area contributed by atoms with E-state index in [9.17, 15) is 0 Å². The van der Waals surface area contributed by atoms with E-state index in [1.807, 2.05) is 13.1 Å². The molecule has 1 aliphatic heterocycles. The summed E-state index contributed by atoms with van der Waals surface area (Å²) in [4.78, 5) is 4.81. The van der Waals surface area contributed by atoms with Gasteiger partial charge in [-0.05, 0) is 59.7 Å². The van der Waals surface area contributed by atoms with Crippen molar-refractivity contribution in [2.75, 3.05) is 7.11 Å². The van der Waals surface area contributed by atoms with E-state index in [0.717, 1.165) is 29.0 Å². The Labute approximate surface area is 179 Å². The van der Waals surface area contributed by atoms with E-state index in [0.29, 0.717) is 0 Å². The van der Waals surface area contributed by atoms with E-state index in [1.54, 1.807) is 7.11 Å². The molecular weight excluding hydrogens is 375 g/mol. The first-order valence-corrected chi connectivity index (χ1v) is 10.7. The fourth-order valence-electron chi connectivity index (χ4n) is 4.01. The SMILES string of the molecule is CCn1c(-c2cc(B3OC(C)(C)C(C)(C)O3)cnc2C(C)OC)cc2ccccc21. The van der Waals surface area contributed by atoms with Crippen molar-refractivity contribution in [3.63, 3.8) is 0 Å². The van der Waals surface area contributed by atoms with Gasteiger partial charge in [0.1, 0.15) is 0 Å². The number of benzene rings is 1. The molecule has 1 unspecified atom stereocenters. The molecule has 3 aromatic rings. The zero-order chi connectivity index (χ0) is 21.7. The molecule has 2 aromatic heterocycles. The lowest BCUT2D eigenvalue weighted by atomic mass is 9.79. The molecule has 0 aliphatic carbocycles. The van der Waals surface area contributed by atoms with Crippen molar-refractivity contribution >= 4 is 23.5 Å². The second-order valence-electron chi connectivity index (χ2n) is 9.00. The highest BCUT2D eigenvalue weighted by Crippen LogP contribution is 2.37. The topological polar surface area (TPSA) is 45.5 Å². The molecular formula is C24H31BN2O3. The van der Waals surface area contributed by atoms with E-state index >= 15 is 0 Å². The van der Waals surface area contributed by atoms with Crippen molar-refractivity contribution in [3.8, 4) is 11.3 Å². The number of nitrogens with zero attached hydrogens (tertiary/aromatic N) is 2. The van der Waals surface area contributed by atoms with Crippen LogP contribution in [0.3, 0.4) is 0 Å². The van der Waals surface area contributed by atoms with E-state index in [-0.39, 0.29) is 6.10 Å². The summed E-state index contributed by atoms with van der Waals surface area (Å²) in [5, 5.41) is 1.21. The summed E-state index contributed by atoms with van der Waals surface area (Å²) in [5.41, 5.74) is 4.44. The first-order chi connectivity index (χ1) is 14.2. The van der Waals surface area contributed by atoms with Crippen molar-refractivity contribution < 1.29 is 14.0 Å². The van der Waals surface area contributed by atoms with Gasteiger partial charge in [0, 0.05) is 41.8 Å². The molecule has 4 rings (SSSR count). The molecule has 1 atom stereocenters. The van der Waals surface area contributed by atoms with Gasteiger partial charge in [0.15, 0.2) is 0 Å². The number of ether oxygens (including phenoxy) is 1. The molecule has 0 bridgehead atoms. The van der Waals surface area contributed by atoms with Crippen LogP contribution in [0.2, 0.25) is 0 Å². The van der Waals surface area contributed by atoms with Gasteiger partial charge in [-0.1, -0.05) is 18.2 Å². The molecule has 1 aliphatic rings. The van der Waals surface area contributed by atoms with Crippen LogP contribution in [0.1, 0.15) is 53.3 Å². The molecule has 0 N–H and O–H groups in total. The van der Waals surface area contributed by atoms with Crippen LogP contribution in [0.4, 0.5) is 0 Å². The standard InChI is InChI=1S/C24H31BN2O3/c1-8-27-20-12-10-9-11-17(20)13-21(27)19-14-18(15-26-22(19)16(2)28-7)25-29-23(3,4)24(5,6)30-25/h9-16H,8H2,1-7H3. The summed E-state index contributed by atoms with van der Waals surface area (Å²) < 4.78 is 20.5.